The zero-order valence-corrected chi connectivity index (χ0v) is 9.33. The first-order valence-electron chi connectivity index (χ1n) is 4.05. The Morgan fingerprint density at radius 2 is 1.95 bits per heavy atom. The first-order chi connectivity index (χ1) is 8.43. The lowest BCUT2D eigenvalue weighted by Crippen LogP contribution is -2.23. The maximum Gasteiger partial charge on any atom is 0.573 e. The van der Waals surface area contributed by atoms with Crippen LogP contribution in [0.1, 0.15) is 0 Å². The highest BCUT2D eigenvalue weighted by Crippen LogP contribution is 2.35. The van der Waals surface area contributed by atoms with E-state index in [-0.39, 0.29) is 6.20 Å². The van der Waals surface area contributed by atoms with Crippen LogP contribution in [0.3, 0.4) is 0 Å². The molecule has 8 nitrogen and oxygen atoms in total. The van der Waals surface area contributed by atoms with Crippen LogP contribution in [-0.4, -0.2) is 24.7 Å². The summed E-state index contributed by atoms with van der Waals surface area (Å²) in [6.07, 6.45) is -5.47. The Kier molecular flexibility index (Phi) is 3.63. The number of ether oxygens (including phenoxy) is 1. The Balaban J connectivity index is 3.69. The molecule has 0 aliphatic carbocycles. The Hall–Kier alpha value is -2.02. The normalized spacial score (nSPS) is 12.3. The molecular weight excluding hydrogens is 302 g/mol. The van der Waals surface area contributed by atoms with Crippen molar-refractivity contribution in [3.63, 3.8) is 0 Å². The number of halogens is 4. The predicted octanol–water partition coefficient (Wildman–Crippen LogP) is 0.675. The zero-order valence-electron chi connectivity index (χ0n) is 8.51. The number of nitrogens with zero attached hydrogens (tertiary/aromatic N) is 2. The van der Waals surface area contributed by atoms with Gasteiger partial charge in [-0.3, -0.25) is 0 Å². The molecule has 0 aliphatic heterocycles. The van der Waals surface area contributed by atoms with Crippen LogP contribution in [-0.2, 0) is 10.0 Å². The number of nitrogens with two attached hydrogens (primary N) is 1. The van der Waals surface area contributed by atoms with Crippen molar-refractivity contribution in [2.75, 3.05) is 0 Å². The monoisotopic (exact) mass is 305 g/mol. The summed E-state index contributed by atoms with van der Waals surface area (Å²) in [6, 6.07) is 0. The van der Waals surface area contributed by atoms with Crippen LogP contribution >= 0.6 is 0 Å². The Labute approximate surface area is 102 Å². The molecule has 1 heterocycles. The average molecular weight is 305 g/mol. The van der Waals surface area contributed by atoms with Crippen LogP contribution in [0.25, 0.3) is 0 Å². The van der Waals surface area contributed by atoms with E-state index in [1.165, 1.54) is 0 Å². The number of aromatic nitrogens is 1. The molecule has 0 fully saturated rings. The van der Waals surface area contributed by atoms with Gasteiger partial charge in [-0.2, -0.15) is 4.39 Å². The van der Waals surface area contributed by atoms with Crippen molar-refractivity contribution < 1.29 is 35.6 Å². The molecule has 0 amide bonds. The largest absolute Gasteiger partial charge is 0.573 e. The number of hydrogen-bond donors (Lipinski definition) is 1. The van der Waals surface area contributed by atoms with Gasteiger partial charge in [0.1, 0.15) is 0 Å². The first kappa shape index (κ1) is 15.0. The van der Waals surface area contributed by atoms with Crippen molar-refractivity contribution in [2.45, 2.75) is 11.3 Å². The zero-order chi connectivity index (χ0) is 15.0. The van der Waals surface area contributed by atoms with Gasteiger partial charge in [0.2, 0.25) is 20.7 Å². The second kappa shape index (κ2) is 4.58. The molecule has 19 heavy (non-hydrogen) atoms. The molecule has 0 unspecified atom stereocenters. The Morgan fingerprint density at radius 1 is 1.42 bits per heavy atom. The Bertz CT molecular complexity index is 628. The van der Waals surface area contributed by atoms with Crippen molar-refractivity contribution in [1.82, 2.24) is 4.98 Å². The van der Waals surface area contributed by atoms with Crippen LogP contribution in [0.2, 0.25) is 0 Å². The van der Waals surface area contributed by atoms with Gasteiger partial charge in [-0.05, 0) is 9.91 Å². The van der Waals surface area contributed by atoms with Crippen LogP contribution in [0.15, 0.2) is 11.1 Å². The predicted molar refractivity (Wildman–Crippen MR) is 48.9 cm³/mol. The number of sulfonamides is 1. The standard InChI is InChI=1S/C6H3F4N3O5S/c7-2-1-12-5(13(14)15)4(19(11,16)17)3(2)18-6(8,9)10/h1H,(H2,11,16,17). The molecule has 0 spiro atoms. The van der Waals surface area contributed by atoms with Crippen molar-refractivity contribution >= 4 is 15.8 Å². The van der Waals surface area contributed by atoms with Gasteiger partial charge in [-0.1, -0.05) is 0 Å². The molecule has 13 heteroatoms. The van der Waals surface area contributed by atoms with Gasteiger partial charge < -0.3 is 14.9 Å². The van der Waals surface area contributed by atoms with E-state index in [1.54, 1.807) is 0 Å². The highest BCUT2D eigenvalue weighted by atomic mass is 32.2. The third-order valence-corrected chi connectivity index (χ3v) is 2.54. The summed E-state index contributed by atoms with van der Waals surface area (Å²) in [5, 5.41) is 15.0. The minimum Gasteiger partial charge on any atom is -0.401 e. The molecule has 0 bridgehead atoms. The fourth-order valence-electron chi connectivity index (χ4n) is 1.04. The molecule has 0 aliphatic rings. The van der Waals surface area contributed by atoms with E-state index < -0.39 is 43.6 Å². The molecule has 0 radical (unpaired) electrons. The molecule has 106 valence electrons. The van der Waals surface area contributed by atoms with Gasteiger partial charge in [0.15, 0.2) is 11.9 Å². The minimum absolute atomic E-state index is 0.00782. The molecule has 2 N–H and O–H groups in total. The van der Waals surface area contributed by atoms with E-state index in [1.807, 2.05) is 0 Å². The van der Waals surface area contributed by atoms with E-state index in [0.717, 1.165) is 0 Å². The summed E-state index contributed by atoms with van der Waals surface area (Å²) in [7, 11) is -5.07. The smallest absolute Gasteiger partial charge is 0.401 e. The number of hydrogen-bond acceptors (Lipinski definition) is 6. The van der Waals surface area contributed by atoms with E-state index in [9.17, 15) is 36.1 Å². The number of nitro groups is 1. The van der Waals surface area contributed by atoms with Crippen molar-refractivity contribution in [1.29, 1.82) is 0 Å². The molecule has 0 saturated heterocycles. The number of primary sulfonamides is 1. The summed E-state index contributed by atoms with van der Waals surface area (Å²) in [5.41, 5.74) is 0. The quantitative estimate of drug-likeness (QED) is 0.497. The van der Waals surface area contributed by atoms with Gasteiger partial charge in [0, 0.05) is 0 Å². The lowest BCUT2D eigenvalue weighted by molar-refractivity contribution is -0.393. The minimum atomic E-state index is -5.48. The number of rotatable bonds is 3. The number of pyridine rings is 1. The molecule has 1 aromatic rings. The SMILES string of the molecule is NS(=O)(=O)c1c([N+](=O)[O-])ncc(F)c1OC(F)(F)F. The first-order valence-corrected chi connectivity index (χ1v) is 5.59. The molecule has 0 aromatic carbocycles. The lowest BCUT2D eigenvalue weighted by Gasteiger charge is -2.11. The molecule has 1 rings (SSSR count). The Morgan fingerprint density at radius 3 is 2.32 bits per heavy atom. The second-order valence-electron chi connectivity index (χ2n) is 2.94. The summed E-state index contributed by atoms with van der Waals surface area (Å²) >= 11 is 0. The van der Waals surface area contributed by atoms with E-state index >= 15 is 0 Å². The van der Waals surface area contributed by atoms with Crippen LogP contribution in [0.5, 0.6) is 5.75 Å². The molecule has 0 saturated carbocycles. The van der Waals surface area contributed by atoms with E-state index in [0.29, 0.717) is 0 Å². The maximum absolute atomic E-state index is 13.1. The van der Waals surface area contributed by atoms with E-state index in [4.69, 9.17) is 0 Å². The van der Waals surface area contributed by atoms with Gasteiger partial charge in [-0.25, -0.2) is 13.6 Å². The average Bonchev–Trinajstić information content (AvgIpc) is 2.16. The molecular formula is C6H3F4N3O5S. The summed E-state index contributed by atoms with van der Waals surface area (Å²) < 4.78 is 74.3. The number of alkyl halides is 3. The lowest BCUT2D eigenvalue weighted by atomic mass is 10.4. The molecule has 0 atom stereocenters. The second-order valence-corrected chi connectivity index (χ2v) is 4.44. The summed E-state index contributed by atoms with van der Waals surface area (Å²) in [5.74, 6) is -5.38. The molecule has 1 aromatic heterocycles. The fourth-order valence-corrected chi connectivity index (χ4v) is 1.82. The van der Waals surface area contributed by atoms with Gasteiger partial charge >= 0.3 is 12.2 Å². The van der Waals surface area contributed by atoms with Crippen LogP contribution < -0.4 is 9.88 Å². The third-order valence-electron chi connectivity index (χ3n) is 1.60. The maximum atomic E-state index is 13.1. The highest BCUT2D eigenvalue weighted by Gasteiger charge is 2.40. The topological polar surface area (TPSA) is 125 Å². The summed E-state index contributed by atoms with van der Waals surface area (Å²) in [4.78, 5) is 9.98. The fraction of sp³-hybridized carbons (Fsp3) is 0.167. The van der Waals surface area contributed by atoms with Gasteiger partial charge in [0.05, 0.1) is 0 Å². The van der Waals surface area contributed by atoms with E-state index in [2.05, 4.69) is 14.9 Å². The van der Waals surface area contributed by atoms with Gasteiger partial charge in [-0.15, -0.1) is 13.2 Å². The van der Waals surface area contributed by atoms with Crippen molar-refractivity contribution in [2.24, 2.45) is 5.14 Å². The van der Waals surface area contributed by atoms with Crippen molar-refractivity contribution in [3.05, 3.63) is 22.1 Å². The summed E-state index contributed by atoms with van der Waals surface area (Å²) in [6.45, 7) is 0. The highest BCUT2D eigenvalue weighted by molar-refractivity contribution is 7.89. The van der Waals surface area contributed by atoms with Crippen LogP contribution in [0, 0.1) is 15.9 Å². The third kappa shape index (κ3) is 3.47. The van der Waals surface area contributed by atoms with Gasteiger partial charge in [0.25, 0.3) is 0 Å². The van der Waals surface area contributed by atoms with Crippen LogP contribution in [0.4, 0.5) is 23.4 Å². The van der Waals surface area contributed by atoms with Crippen molar-refractivity contribution in [3.8, 4) is 5.75 Å².